The van der Waals surface area contributed by atoms with E-state index >= 15 is 0 Å². The first-order valence-corrected chi connectivity index (χ1v) is 7.22. The van der Waals surface area contributed by atoms with Crippen LogP contribution in [0.1, 0.15) is 5.56 Å². The monoisotopic (exact) mass is 338 g/mol. The molecule has 0 aliphatic carbocycles. The van der Waals surface area contributed by atoms with Gasteiger partial charge in [-0.1, -0.05) is 29.8 Å². The summed E-state index contributed by atoms with van der Waals surface area (Å²) in [6.07, 6.45) is 0. The Kier molecular flexibility index (Phi) is 3.58. The summed E-state index contributed by atoms with van der Waals surface area (Å²) in [6, 6.07) is 7.28. The molecule has 0 bridgehead atoms. The van der Waals surface area contributed by atoms with E-state index in [1.807, 2.05) is 18.2 Å². The number of fused-ring (bicyclic) bond motifs is 1. The number of hydrogen-bond acceptors (Lipinski definition) is 3. The zero-order valence-corrected chi connectivity index (χ0v) is 13.4. The summed E-state index contributed by atoms with van der Waals surface area (Å²) >= 11 is 12.3. The molecule has 0 radical (unpaired) electrons. The van der Waals surface area contributed by atoms with Crippen LogP contribution in [0, 0.1) is 0 Å². The highest BCUT2D eigenvalue weighted by Gasteiger charge is 2.18. The molecule has 0 unspecified atom stereocenters. The molecular formula is C14H12Cl2N4O2. The topological polar surface area (TPSA) is 61.8 Å². The largest absolute Gasteiger partial charge is 0.332 e. The van der Waals surface area contributed by atoms with Crippen LogP contribution < -0.4 is 11.2 Å². The van der Waals surface area contributed by atoms with Crippen molar-refractivity contribution in [2.24, 2.45) is 14.1 Å². The minimum absolute atomic E-state index is 0.133. The molecule has 0 saturated heterocycles. The second kappa shape index (κ2) is 5.30. The van der Waals surface area contributed by atoms with Crippen LogP contribution in [0.5, 0.6) is 0 Å². The van der Waals surface area contributed by atoms with Gasteiger partial charge in [-0.25, -0.2) is 4.79 Å². The van der Waals surface area contributed by atoms with Gasteiger partial charge < -0.3 is 4.57 Å². The zero-order chi connectivity index (χ0) is 16.0. The van der Waals surface area contributed by atoms with Crippen molar-refractivity contribution in [3.8, 4) is 0 Å². The van der Waals surface area contributed by atoms with Crippen molar-refractivity contribution in [3.05, 3.63) is 61.0 Å². The van der Waals surface area contributed by atoms with E-state index in [0.717, 1.165) is 10.1 Å². The van der Waals surface area contributed by atoms with Crippen LogP contribution in [0.2, 0.25) is 10.3 Å². The van der Waals surface area contributed by atoms with Crippen molar-refractivity contribution in [3.63, 3.8) is 0 Å². The van der Waals surface area contributed by atoms with E-state index in [9.17, 15) is 9.59 Å². The predicted octanol–water partition coefficient (Wildman–Crippen LogP) is 1.79. The van der Waals surface area contributed by atoms with E-state index in [1.54, 1.807) is 17.7 Å². The standard InChI is InChI=1S/C14H12Cl2N4O2/c1-18-11-10(12(21)19(2)14(18)22)20(13(16)17-11)7-8-5-3-4-6-9(8)15/h3-6H,7H2,1-2H3. The van der Waals surface area contributed by atoms with E-state index in [0.29, 0.717) is 11.6 Å². The molecule has 6 nitrogen and oxygen atoms in total. The zero-order valence-electron chi connectivity index (χ0n) is 11.9. The molecule has 114 valence electrons. The van der Waals surface area contributed by atoms with Gasteiger partial charge in [0, 0.05) is 19.1 Å². The van der Waals surface area contributed by atoms with E-state index in [1.165, 1.54) is 11.6 Å². The number of hydrogen-bond donors (Lipinski definition) is 0. The molecule has 0 N–H and O–H groups in total. The molecule has 0 amide bonds. The van der Waals surface area contributed by atoms with Crippen LogP contribution in [0.15, 0.2) is 33.9 Å². The quantitative estimate of drug-likeness (QED) is 0.669. The first-order chi connectivity index (χ1) is 10.4. The molecule has 3 aromatic rings. The van der Waals surface area contributed by atoms with E-state index in [-0.39, 0.29) is 16.4 Å². The van der Waals surface area contributed by atoms with Gasteiger partial charge in [0.15, 0.2) is 11.2 Å². The van der Waals surface area contributed by atoms with Crippen LogP contribution in [-0.2, 0) is 20.6 Å². The van der Waals surface area contributed by atoms with Gasteiger partial charge in [-0.05, 0) is 23.2 Å². The van der Waals surface area contributed by atoms with E-state index in [4.69, 9.17) is 23.2 Å². The predicted molar refractivity (Wildman–Crippen MR) is 85.8 cm³/mol. The summed E-state index contributed by atoms with van der Waals surface area (Å²) in [5.41, 5.74) is 0.446. The van der Waals surface area contributed by atoms with Crippen molar-refractivity contribution in [2.75, 3.05) is 0 Å². The normalized spacial score (nSPS) is 11.3. The Bertz CT molecular complexity index is 1000. The first-order valence-electron chi connectivity index (χ1n) is 6.47. The minimum atomic E-state index is -0.448. The summed E-state index contributed by atoms with van der Waals surface area (Å²) in [5, 5.41) is 0.704. The summed E-state index contributed by atoms with van der Waals surface area (Å²) < 4.78 is 3.88. The van der Waals surface area contributed by atoms with Gasteiger partial charge in [0.05, 0.1) is 6.54 Å². The molecule has 2 heterocycles. The van der Waals surface area contributed by atoms with Gasteiger partial charge >= 0.3 is 5.69 Å². The van der Waals surface area contributed by atoms with E-state index < -0.39 is 11.2 Å². The van der Waals surface area contributed by atoms with Crippen LogP contribution in [0.3, 0.4) is 0 Å². The maximum Gasteiger partial charge on any atom is 0.332 e. The lowest BCUT2D eigenvalue weighted by molar-refractivity contribution is 0.702. The molecule has 0 saturated carbocycles. The minimum Gasteiger partial charge on any atom is -0.304 e. The highest BCUT2D eigenvalue weighted by Crippen LogP contribution is 2.21. The summed E-state index contributed by atoms with van der Waals surface area (Å²) in [5.74, 6) is 0. The fourth-order valence-electron chi connectivity index (χ4n) is 2.36. The average molecular weight is 339 g/mol. The van der Waals surface area contributed by atoms with E-state index in [2.05, 4.69) is 4.98 Å². The van der Waals surface area contributed by atoms with Crippen LogP contribution >= 0.6 is 23.2 Å². The van der Waals surface area contributed by atoms with Crippen molar-refractivity contribution in [2.45, 2.75) is 6.54 Å². The lowest BCUT2D eigenvalue weighted by Gasteiger charge is -2.08. The summed E-state index contributed by atoms with van der Waals surface area (Å²) in [4.78, 5) is 28.5. The number of halogens is 2. The molecular weight excluding hydrogens is 327 g/mol. The van der Waals surface area contributed by atoms with Crippen LogP contribution in [0.4, 0.5) is 0 Å². The van der Waals surface area contributed by atoms with Crippen LogP contribution in [0.25, 0.3) is 11.2 Å². The Morgan fingerprint density at radius 1 is 1.09 bits per heavy atom. The maximum absolute atomic E-state index is 12.4. The van der Waals surface area contributed by atoms with Gasteiger partial charge in [0.2, 0.25) is 5.28 Å². The highest BCUT2D eigenvalue weighted by atomic mass is 35.5. The molecule has 3 rings (SSSR count). The van der Waals surface area contributed by atoms with Crippen LogP contribution in [-0.4, -0.2) is 18.7 Å². The Labute approximate surface area is 135 Å². The Balaban J connectivity index is 2.32. The Morgan fingerprint density at radius 3 is 2.45 bits per heavy atom. The SMILES string of the molecule is Cn1c(=O)c2c(nc(Cl)n2Cc2ccccc2Cl)n(C)c1=O. The number of imidazole rings is 1. The fraction of sp³-hybridized carbons (Fsp3) is 0.214. The number of nitrogens with zero attached hydrogens (tertiary/aromatic N) is 4. The smallest absolute Gasteiger partial charge is 0.304 e. The first kappa shape index (κ1) is 14.9. The molecule has 0 atom stereocenters. The maximum atomic E-state index is 12.4. The third-order valence-electron chi connectivity index (χ3n) is 3.59. The average Bonchev–Trinajstić information content (AvgIpc) is 2.82. The summed E-state index contributed by atoms with van der Waals surface area (Å²) in [7, 11) is 2.97. The Morgan fingerprint density at radius 2 is 1.77 bits per heavy atom. The van der Waals surface area contributed by atoms with Gasteiger partial charge in [0.25, 0.3) is 5.56 Å². The van der Waals surface area contributed by atoms with Crippen molar-refractivity contribution in [1.29, 1.82) is 0 Å². The third kappa shape index (κ3) is 2.15. The number of aromatic nitrogens is 4. The number of benzene rings is 1. The number of aryl methyl sites for hydroxylation is 1. The second-order valence-corrected chi connectivity index (χ2v) is 5.68. The molecule has 0 aliphatic rings. The molecule has 22 heavy (non-hydrogen) atoms. The summed E-state index contributed by atoms with van der Waals surface area (Å²) in [6.45, 7) is 0.294. The van der Waals surface area contributed by atoms with Gasteiger partial charge in [-0.3, -0.25) is 13.9 Å². The lowest BCUT2D eigenvalue weighted by atomic mass is 10.2. The molecule has 0 spiro atoms. The molecule has 8 heteroatoms. The molecule has 1 aromatic carbocycles. The van der Waals surface area contributed by atoms with Crippen molar-refractivity contribution >= 4 is 34.4 Å². The number of rotatable bonds is 2. The van der Waals surface area contributed by atoms with Crippen molar-refractivity contribution in [1.82, 2.24) is 18.7 Å². The third-order valence-corrected chi connectivity index (χ3v) is 4.24. The van der Waals surface area contributed by atoms with Crippen molar-refractivity contribution < 1.29 is 0 Å². The van der Waals surface area contributed by atoms with Gasteiger partial charge in [-0.15, -0.1) is 0 Å². The Hall–Kier alpha value is -2.05. The van der Waals surface area contributed by atoms with Gasteiger partial charge in [0.1, 0.15) is 0 Å². The molecule has 2 aromatic heterocycles. The lowest BCUT2D eigenvalue weighted by Crippen LogP contribution is -2.37. The van der Waals surface area contributed by atoms with Gasteiger partial charge in [-0.2, -0.15) is 4.98 Å². The fourth-order valence-corrected chi connectivity index (χ4v) is 2.78. The second-order valence-electron chi connectivity index (χ2n) is 4.94. The highest BCUT2D eigenvalue weighted by molar-refractivity contribution is 6.31. The molecule has 0 aliphatic heterocycles. The molecule has 0 fully saturated rings.